The number of hydrogen-bond donors (Lipinski definition) is 1. The number of ether oxygens (including phenoxy) is 3. The first-order valence-corrected chi connectivity index (χ1v) is 16.9. The lowest BCUT2D eigenvalue weighted by Crippen LogP contribution is -2.46. The molecular weight excluding hydrogens is 600 g/mol. The predicted octanol–water partition coefficient (Wildman–Crippen LogP) is 4.33. The van der Waals surface area contributed by atoms with E-state index in [9.17, 15) is 19.5 Å². The monoisotopic (exact) mass is 651 g/mol. The van der Waals surface area contributed by atoms with Gasteiger partial charge < -0.3 is 33.6 Å². The number of carbonyl (C=O) groups excluding carboxylic acids is 2. The molecular formula is C36H51N4O7+. The summed E-state index contributed by atoms with van der Waals surface area (Å²) in [4.78, 5) is 45.8. The largest absolute Gasteiger partial charge is 0.493 e. The van der Waals surface area contributed by atoms with E-state index >= 15 is 0 Å². The van der Waals surface area contributed by atoms with Crippen LogP contribution in [0.25, 0.3) is 0 Å². The molecule has 2 aromatic carbocycles. The van der Waals surface area contributed by atoms with Crippen LogP contribution in [0, 0.1) is 5.92 Å². The molecule has 3 atom stereocenters. The lowest BCUT2D eigenvalue weighted by molar-refractivity contribution is -0.884. The van der Waals surface area contributed by atoms with Crippen molar-refractivity contribution in [2.24, 2.45) is 5.92 Å². The molecule has 0 spiro atoms. The first kappa shape index (κ1) is 34.5. The normalized spacial score (nSPS) is 21.3. The second-order valence-corrected chi connectivity index (χ2v) is 14.1. The SMILES string of the molecule is CCCCN(C(=O)CN1C[C@H](c2cc(OC)c3c(c2)OCO3)[C@@H](C(=O)O)[C@@H]1CCN1CCCCC1=O)c1cccc(C[N+](C)(C)C)c1. The fraction of sp³-hybridized carbons (Fsp3) is 0.583. The van der Waals surface area contributed by atoms with E-state index in [0.29, 0.717) is 56.3 Å². The molecule has 0 bridgehead atoms. The Labute approximate surface area is 278 Å². The molecule has 5 rings (SSSR count). The van der Waals surface area contributed by atoms with Gasteiger partial charge in [-0.05, 0) is 55.5 Å². The number of nitrogens with zero attached hydrogens (tertiary/aromatic N) is 4. The number of likely N-dealkylation sites (tertiary alicyclic amines) is 2. The quantitative estimate of drug-likeness (QED) is 0.301. The number of anilines is 1. The molecule has 2 aromatic rings. The highest BCUT2D eigenvalue weighted by atomic mass is 16.7. The van der Waals surface area contributed by atoms with Crippen LogP contribution in [0.3, 0.4) is 0 Å². The highest BCUT2D eigenvalue weighted by Gasteiger charge is 2.48. The Bertz CT molecular complexity index is 1440. The Morgan fingerprint density at radius 3 is 2.64 bits per heavy atom. The molecule has 2 saturated heterocycles. The third-order valence-corrected chi connectivity index (χ3v) is 9.51. The van der Waals surface area contributed by atoms with E-state index in [1.165, 1.54) is 0 Å². The number of quaternary nitrogens is 1. The average molecular weight is 652 g/mol. The molecule has 11 nitrogen and oxygen atoms in total. The van der Waals surface area contributed by atoms with Crippen molar-refractivity contribution in [2.45, 2.75) is 64.0 Å². The fourth-order valence-electron chi connectivity index (χ4n) is 7.28. The number of benzene rings is 2. The van der Waals surface area contributed by atoms with Crippen LogP contribution >= 0.6 is 0 Å². The van der Waals surface area contributed by atoms with Gasteiger partial charge in [-0.2, -0.15) is 0 Å². The third-order valence-electron chi connectivity index (χ3n) is 9.51. The number of aliphatic carboxylic acids is 1. The van der Waals surface area contributed by atoms with Crippen molar-refractivity contribution in [2.75, 3.05) is 72.7 Å². The number of carboxylic acids is 1. The number of piperidine rings is 1. The standard InChI is InChI=1S/C36H50N4O7/c1-6-7-16-39(27-12-10-11-25(18-27)23-40(2,3)4)33(42)22-38-21-28(26-19-30(45-5)35-31(20-26)46-24-47-35)34(36(43)44)29(38)14-17-37-15-9-8-13-32(37)41/h10-12,18-20,28-29,34H,6-9,13-17,21-24H2,1-5H3/p+1/t28-,29+,34-/m1/s1. The van der Waals surface area contributed by atoms with Crippen LogP contribution in [0.5, 0.6) is 17.2 Å². The zero-order chi connectivity index (χ0) is 33.7. The van der Waals surface area contributed by atoms with Crippen LogP contribution in [0.1, 0.15) is 62.5 Å². The van der Waals surface area contributed by atoms with E-state index in [-0.39, 0.29) is 25.2 Å². The van der Waals surface area contributed by atoms with Gasteiger partial charge in [0.2, 0.25) is 24.4 Å². The Morgan fingerprint density at radius 1 is 1.13 bits per heavy atom. The minimum Gasteiger partial charge on any atom is -0.493 e. The highest BCUT2D eigenvalue weighted by molar-refractivity contribution is 5.95. The van der Waals surface area contributed by atoms with E-state index < -0.39 is 23.8 Å². The Balaban J connectivity index is 1.46. The summed E-state index contributed by atoms with van der Waals surface area (Å²) in [5, 5.41) is 10.7. The van der Waals surface area contributed by atoms with Crippen molar-refractivity contribution in [3.8, 4) is 17.2 Å². The van der Waals surface area contributed by atoms with E-state index in [1.54, 1.807) is 7.11 Å². The smallest absolute Gasteiger partial charge is 0.308 e. The van der Waals surface area contributed by atoms with Gasteiger partial charge in [-0.1, -0.05) is 25.5 Å². The number of rotatable bonds is 14. The topological polar surface area (TPSA) is 109 Å². The summed E-state index contributed by atoms with van der Waals surface area (Å²) in [7, 11) is 7.97. The molecule has 2 amide bonds. The summed E-state index contributed by atoms with van der Waals surface area (Å²) in [5.41, 5.74) is 2.77. The van der Waals surface area contributed by atoms with Gasteiger partial charge in [0, 0.05) is 55.8 Å². The predicted molar refractivity (Wildman–Crippen MR) is 179 cm³/mol. The van der Waals surface area contributed by atoms with Crippen LogP contribution in [0.15, 0.2) is 36.4 Å². The molecule has 2 fully saturated rings. The van der Waals surface area contributed by atoms with Gasteiger partial charge in [-0.15, -0.1) is 0 Å². The van der Waals surface area contributed by atoms with Crippen molar-refractivity contribution in [3.63, 3.8) is 0 Å². The lowest BCUT2D eigenvalue weighted by atomic mass is 9.84. The Hall–Kier alpha value is -3.83. The summed E-state index contributed by atoms with van der Waals surface area (Å²) in [6, 6.07) is 11.4. The molecule has 3 aliphatic heterocycles. The number of carboxylic acid groups (broad SMARTS) is 1. The number of methoxy groups -OCH3 is 1. The van der Waals surface area contributed by atoms with Crippen molar-refractivity contribution >= 4 is 23.5 Å². The highest BCUT2D eigenvalue weighted by Crippen LogP contribution is 2.47. The number of fused-ring (bicyclic) bond motifs is 1. The number of carbonyl (C=O) groups is 3. The van der Waals surface area contributed by atoms with Gasteiger partial charge >= 0.3 is 5.97 Å². The summed E-state index contributed by atoms with van der Waals surface area (Å²) < 4.78 is 17.6. The molecule has 1 N–H and O–H groups in total. The van der Waals surface area contributed by atoms with Crippen molar-refractivity contribution < 1.29 is 38.2 Å². The minimum absolute atomic E-state index is 0.0621. The molecule has 0 radical (unpaired) electrons. The van der Waals surface area contributed by atoms with Crippen LogP contribution in [0.2, 0.25) is 0 Å². The fourth-order valence-corrected chi connectivity index (χ4v) is 7.28. The van der Waals surface area contributed by atoms with Gasteiger partial charge in [0.1, 0.15) is 6.54 Å². The third kappa shape index (κ3) is 8.19. The molecule has 256 valence electrons. The van der Waals surface area contributed by atoms with Crippen molar-refractivity contribution in [1.82, 2.24) is 9.80 Å². The molecule has 3 aliphatic rings. The summed E-state index contributed by atoms with van der Waals surface area (Å²) in [5.74, 6) is -0.586. The molecule has 0 unspecified atom stereocenters. The molecule has 47 heavy (non-hydrogen) atoms. The molecule has 0 aliphatic carbocycles. The molecule has 0 saturated carbocycles. The average Bonchev–Trinajstić information content (AvgIpc) is 3.64. The second kappa shape index (κ2) is 14.9. The van der Waals surface area contributed by atoms with Crippen LogP contribution in [0.4, 0.5) is 5.69 Å². The van der Waals surface area contributed by atoms with Gasteiger partial charge in [0.25, 0.3) is 0 Å². The van der Waals surface area contributed by atoms with Gasteiger partial charge in [-0.3, -0.25) is 19.3 Å². The van der Waals surface area contributed by atoms with E-state index in [0.717, 1.165) is 53.5 Å². The first-order chi connectivity index (χ1) is 22.5. The zero-order valence-electron chi connectivity index (χ0n) is 28.6. The Kier molecular flexibility index (Phi) is 11.0. The maximum absolute atomic E-state index is 14.3. The number of hydrogen-bond acceptors (Lipinski definition) is 7. The summed E-state index contributed by atoms with van der Waals surface area (Å²) >= 11 is 0. The van der Waals surface area contributed by atoms with Gasteiger partial charge in [0.05, 0.1) is 40.7 Å². The number of amides is 2. The summed E-state index contributed by atoms with van der Waals surface area (Å²) in [6.45, 7) is 5.16. The van der Waals surface area contributed by atoms with E-state index in [4.69, 9.17) is 14.2 Å². The van der Waals surface area contributed by atoms with E-state index in [2.05, 4.69) is 40.2 Å². The summed E-state index contributed by atoms with van der Waals surface area (Å²) in [6.07, 6.45) is 4.60. The van der Waals surface area contributed by atoms with Gasteiger partial charge in [0.15, 0.2) is 11.5 Å². The van der Waals surface area contributed by atoms with Crippen LogP contribution in [-0.2, 0) is 20.9 Å². The molecule has 0 aromatic heterocycles. The maximum Gasteiger partial charge on any atom is 0.308 e. The first-order valence-electron chi connectivity index (χ1n) is 16.9. The van der Waals surface area contributed by atoms with Crippen LogP contribution < -0.4 is 19.1 Å². The molecule has 11 heteroatoms. The number of unbranched alkanes of at least 4 members (excludes halogenated alkanes) is 1. The maximum atomic E-state index is 14.3. The minimum atomic E-state index is -0.924. The van der Waals surface area contributed by atoms with Crippen molar-refractivity contribution in [3.05, 3.63) is 47.5 Å². The second-order valence-electron chi connectivity index (χ2n) is 14.1. The van der Waals surface area contributed by atoms with Gasteiger partial charge in [-0.25, -0.2) is 0 Å². The Morgan fingerprint density at radius 2 is 1.94 bits per heavy atom. The van der Waals surface area contributed by atoms with Crippen molar-refractivity contribution in [1.29, 1.82) is 0 Å². The lowest BCUT2D eigenvalue weighted by Gasteiger charge is -2.33. The van der Waals surface area contributed by atoms with Crippen LogP contribution in [-0.4, -0.2) is 111 Å². The van der Waals surface area contributed by atoms with E-state index in [1.807, 2.05) is 39.0 Å². The molecule has 3 heterocycles. The zero-order valence-corrected chi connectivity index (χ0v) is 28.6.